The zero-order valence-electron chi connectivity index (χ0n) is 31.1. The molecule has 10 nitrogen and oxygen atoms in total. The molecule has 0 amide bonds. The summed E-state index contributed by atoms with van der Waals surface area (Å²) < 4.78 is 45.2. The third-order valence-electron chi connectivity index (χ3n) is 8.80. The lowest BCUT2D eigenvalue weighted by molar-refractivity contribution is -0.163. The van der Waals surface area contributed by atoms with Crippen molar-refractivity contribution < 1.29 is 37.9 Å². The molecule has 0 aliphatic carbocycles. The minimum absolute atomic E-state index is 0.0175. The van der Waals surface area contributed by atoms with Gasteiger partial charge in [-0.1, -0.05) is 18.9 Å². The number of unbranched alkanes of at least 4 members (excludes halogenated alkanes) is 6. The Hall–Kier alpha value is -3.07. The van der Waals surface area contributed by atoms with Crippen molar-refractivity contribution in [3.63, 3.8) is 0 Å². The van der Waals surface area contributed by atoms with E-state index in [1.54, 1.807) is 20.3 Å². The molecule has 2 unspecified atom stereocenters. The predicted molar refractivity (Wildman–Crippen MR) is 195 cm³/mol. The predicted octanol–water partition coefficient (Wildman–Crippen LogP) is 8.30. The second-order valence-corrected chi connectivity index (χ2v) is 12.9. The van der Waals surface area contributed by atoms with E-state index in [0.29, 0.717) is 31.1 Å². The molecule has 0 aromatic heterocycles. The summed E-state index contributed by atoms with van der Waals surface area (Å²) in [6.45, 7) is 9.06. The van der Waals surface area contributed by atoms with Crippen LogP contribution in [0, 0.1) is 25.2 Å². The van der Waals surface area contributed by atoms with E-state index < -0.39 is 0 Å². The molecule has 4 rings (SSSR count). The van der Waals surface area contributed by atoms with Gasteiger partial charge < -0.3 is 43.6 Å². The van der Waals surface area contributed by atoms with E-state index in [9.17, 15) is 0 Å². The van der Waals surface area contributed by atoms with E-state index in [4.69, 9.17) is 48.9 Å². The van der Waals surface area contributed by atoms with Crippen LogP contribution in [0.5, 0.6) is 23.0 Å². The Morgan fingerprint density at radius 1 is 0.660 bits per heavy atom. The Bertz CT molecular complexity index is 1250. The lowest BCUT2D eigenvalue weighted by atomic mass is 10.1. The molecule has 2 aliphatic rings. The average molecular weight is 699 g/mol. The third-order valence-corrected chi connectivity index (χ3v) is 8.80. The molecule has 2 aromatic carbocycles. The van der Waals surface area contributed by atoms with Crippen LogP contribution in [0.3, 0.4) is 0 Å². The van der Waals surface area contributed by atoms with Gasteiger partial charge in [0.2, 0.25) is 0 Å². The smallest absolute Gasteiger partial charge is 0.164 e. The quantitative estimate of drug-likeness (QED) is 0.127. The van der Waals surface area contributed by atoms with E-state index in [0.717, 1.165) is 131 Å². The van der Waals surface area contributed by atoms with Crippen molar-refractivity contribution in [2.24, 2.45) is 5.73 Å². The number of rotatable bonds is 21. The number of hydrogen-bond acceptors (Lipinski definition) is 10. The van der Waals surface area contributed by atoms with Crippen LogP contribution < -0.4 is 24.7 Å². The van der Waals surface area contributed by atoms with Crippen LogP contribution in [0.4, 0.5) is 0 Å². The molecule has 280 valence electrons. The van der Waals surface area contributed by atoms with Crippen molar-refractivity contribution in [1.29, 1.82) is 5.26 Å². The Morgan fingerprint density at radius 3 is 1.58 bits per heavy atom. The van der Waals surface area contributed by atoms with Gasteiger partial charge in [-0.15, -0.1) is 0 Å². The molecule has 0 spiro atoms. The molecular weight excluding hydrogens is 636 g/mol. The number of nitriles is 1. The van der Waals surface area contributed by atoms with Gasteiger partial charge in [0.15, 0.2) is 35.6 Å². The van der Waals surface area contributed by atoms with Crippen LogP contribution in [0.2, 0.25) is 0 Å². The maximum Gasteiger partial charge on any atom is 0.164 e. The van der Waals surface area contributed by atoms with E-state index in [1.807, 2.05) is 26.0 Å². The molecular formula is C40H62N2O8. The van der Waals surface area contributed by atoms with Gasteiger partial charge in [0.25, 0.3) is 0 Å². The molecule has 10 heteroatoms. The molecule has 0 bridgehead atoms. The Labute approximate surface area is 300 Å². The monoisotopic (exact) mass is 698 g/mol. The fourth-order valence-electron chi connectivity index (χ4n) is 5.99. The van der Waals surface area contributed by atoms with Crippen molar-refractivity contribution in [1.82, 2.24) is 0 Å². The molecule has 2 aromatic rings. The second kappa shape index (κ2) is 25.0. The van der Waals surface area contributed by atoms with Gasteiger partial charge in [0, 0.05) is 39.0 Å². The summed E-state index contributed by atoms with van der Waals surface area (Å²) in [4.78, 5) is 0. The maximum atomic E-state index is 9.01. The topological polar surface area (TPSA) is 124 Å². The van der Waals surface area contributed by atoms with Gasteiger partial charge in [-0.3, -0.25) is 0 Å². The highest BCUT2D eigenvalue weighted by molar-refractivity contribution is 5.52. The summed E-state index contributed by atoms with van der Waals surface area (Å²) in [5.41, 5.74) is 9.35. The van der Waals surface area contributed by atoms with Gasteiger partial charge in [-0.05, 0) is 120 Å². The Balaban J connectivity index is 0.000000270. The van der Waals surface area contributed by atoms with Crippen molar-refractivity contribution in [3.8, 4) is 29.1 Å². The van der Waals surface area contributed by atoms with Crippen LogP contribution in [0.15, 0.2) is 24.3 Å². The van der Waals surface area contributed by atoms with Crippen LogP contribution in [0.1, 0.15) is 112 Å². The highest BCUT2D eigenvalue weighted by atomic mass is 16.7. The van der Waals surface area contributed by atoms with Crippen LogP contribution >= 0.6 is 0 Å². The zero-order chi connectivity index (χ0) is 35.8. The van der Waals surface area contributed by atoms with Crippen molar-refractivity contribution >= 4 is 0 Å². The van der Waals surface area contributed by atoms with E-state index in [-0.39, 0.29) is 12.6 Å². The molecule has 50 heavy (non-hydrogen) atoms. The lowest BCUT2D eigenvalue weighted by Gasteiger charge is -2.22. The Kier molecular flexibility index (Phi) is 20.7. The molecule has 0 radical (unpaired) electrons. The summed E-state index contributed by atoms with van der Waals surface area (Å²) >= 11 is 0. The first-order valence-corrected chi connectivity index (χ1v) is 18.7. The first-order valence-electron chi connectivity index (χ1n) is 18.7. The first kappa shape index (κ1) is 41.4. The summed E-state index contributed by atoms with van der Waals surface area (Å²) in [6, 6.07) is 9.68. The minimum atomic E-state index is 0.0175. The van der Waals surface area contributed by atoms with Crippen LogP contribution in [-0.2, 0) is 25.5 Å². The van der Waals surface area contributed by atoms with Crippen molar-refractivity contribution in [3.05, 3.63) is 46.5 Å². The third kappa shape index (κ3) is 15.4. The van der Waals surface area contributed by atoms with Crippen molar-refractivity contribution in [2.75, 3.05) is 53.9 Å². The number of nitrogens with two attached hydrogens (primary N) is 1. The summed E-state index contributed by atoms with van der Waals surface area (Å²) in [5, 5.41) is 9.01. The highest BCUT2D eigenvalue weighted by Crippen LogP contribution is 2.33. The van der Waals surface area contributed by atoms with Gasteiger partial charge in [-0.2, -0.15) is 5.26 Å². The molecule has 2 aliphatic heterocycles. The van der Waals surface area contributed by atoms with Crippen molar-refractivity contribution in [2.45, 2.75) is 123 Å². The molecule has 2 heterocycles. The number of aryl methyl sites for hydroxylation is 2. The van der Waals surface area contributed by atoms with Gasteiger partial charge in [0.05, 0.1) is 39.1 Å². The van der Waals surface area contributed by atoms with E-state index in [1.165, 1.54) is 19.3 Å². The highest BCUT2D eigenvalue weighted by Gasteiger charge is 2.15. The Morgan fingerprint density at radius 2 is 1.14 bits per heavy atom. The second-order valence-electron chi connectivity index (χ2n) is 12.9. The molecule has 2 saturated heterocycles. The molecule has 2 fully saturated rings. The molecule has 0 saturated carbocycles. The lowest BCUT2D eigenvalue weighted by Crippen LogP contribution is -2.22. The molecule has 2 N–H and O–H groups in total. The molecule has 2 atom stereocenters. The fraction of sp³-hybridized carbons (Fsp3) is 0.675. The standard InChI is InChI=1S/C20H33NO4.C20H29NO4/c2*1-16-13-17(15-21)14-18(22-2)20(16)25-12-7-4-3-6-10-23-19-9-5-8-11-24-19/h13-14,19H,3-12,15,21H2,1-2H3;13-14,19H,3-12H2,1-2H3. The van der Waals surface area contributed by atoms with E-state index >= 15 is 0 Å². The number of hydrogen-bond donors (Lipinski definition) is 1. The maximum absolute atomic E-state index is 9.01. The van der Waals surface area contributed by atoms with Crippen LogP contribution in [0.25, 0.3) is 0 Å². The summed E-state index contributed by atoms with van der Waals surface area (Å²) in [7, 11) is 3.26. The normalized spacial score (nSPS) is 17.3. The van der Waals surface area contributed by atoms with Crippen LogP contribution in [-0.4, -0.2) is 66.4 Å². The van der Waals surface area contributed by atoms with Gasteiger partial charge >= 0.3 is 0 Å². The largest absolute Gasteiger partial charge is 0.493 e. The number of ether oxygens (including phenoxy) is 8. The number of methoxy groups -OCH3 is 2. The summed E-state index contributed by atoms with van der Waals surface area (Å²) in [6.07, 6.45) is 15.5. The first-order chi connectivity index (χ1) is 24.5. The number of nitrogens with zero attached hydrogens (tertiary/aromatic N) is 1. The van der Waals surface area contributed by atoms with E-state index in [2.05, 4.69) is 12.1 Å². The minimum Gasteiger partial charge on any atom is -0.493 e. The number of benzene rings is 2. The summed E-state index contributed by atoms with van der Waals surface area (Å²) in [5.74, 6) is 2.95. The van der Waals surface area contributed by atoms with Gasteiger partial charge in [-0.25, -0.2) is 0 Å². The average Bonchev–Trinajstić information content (AvgIpc) is 3.15. The van der Waals surface area contributed by atoms with Gasteiger partial charge in [0.1, 0.15) is 0 Å². The SMILES string of the molecule is COc1cc(C#N)cc(C)c1OCCCCCCOC1CCCCO1.COc1cc(CN)cc(C)c1OCCCCCCOC1CCCCO1. The fourth-order valence-corrected chi connectivity index (χ4v) is 5.99. The zero-order valence-corrected chi connectivity index (χ0v) is 31.1.